The first kappa shape index (κ1) is 26.0. The highest BCUT2D eigenvalue weighted by molar-refractivity contribution is 5.90. The maximum absolute atomic E-state index is 13.2. The predicted molar refractivity (Wildman–Crippen MR) is 139 cm³/mol. The first-order valence-electron chi connectivity index (χ1n) is 12.0. The normalized spacial score (nSPS) is 13.4. The minimum absolute atomic E-state index is 0.255. The molecule has 0 aromatic heterocycles. The molecule has 1 unspecified atom stereocenters. The molecule has 3 rings (SSSR count). The van der Waals surface area contributed by atoms with Crippen LogP contribution in [0.5, 0.6) is 5.75 Å². The molecular formula is C29H35N3O3. The van der Waals surface area contributed by atoms with Crippen LogP contribution in [0.3, 0.4) is 0 Å². The van der Waals surface area contributed by atoms with E-state index in [9.17, 15) is 9.59 Å². The average Bonchev–Trinajstić information content (AvgIpc) is 2.84. The second-order valence-corrected chi connectivity index (χ2v) is 8.99. The fourth-order valence-electron chi connectivity index (χ4n) is 3.92. The number of ether oxygens (including phenoxy) is 1. The van der Waals surface area contributed by atoms with Gasteiger partial charge in [0.25, 0.3) is 0 Å². The van der Waals surface area contributed by atoms with Crippen LogP contribution in [0.1, 0.15) is 29.2 Å². The Kier molecular flexibility index (Phi) is 9.44. The zero-order valence-electron chi connectivity index (χ0n) is 20.7. The van der Waals surface area contributed by atoms with Crippen molar-refractivity contribution in [3.63, 3.8) is 0 Å². The molecule has 0 aliphatic rings. The van der Waals surface area contributed by atoms with E-state index in [1.165, 1.54) is 0 Å². The van der Waals surface area contributed by atoms with Crippen molar-refractivity contribution in [1.82, 2.24) is 10.6 Å². The number of nitrogens with two attached hydrogens (primary N) is 1. The lowest BCUT2D eigenvalue weighted by molar-refractivity contribution is -0.130. The van der Waals surface area contributed by atoms with Gasteiger partial charge in [0.1, 0.15) is 18.4 Å². The number of amides is 2. The van der Waals surface area contributed by atoms with Crippen LogP contribution >= 0.6 is 0 Å². The number of hydrogen-bond donors (Lipinski definition) is 3. The molecule has 6 nitrogen and oxygen atoms in total. The Balaban J connectivity index is 1.63. The van der Waals surface area contributed by atoms with Gasteiger partial charge in [0.05, 0.1) is 12.1 Å². The van der Waals surface area contributed by atoms with E-state index in [1.54, 1.807) is 0 Å². The molecular weight excluding hydrogens is 438 g/mol. The third-order valence-corrected chi connectivity index (χ3v) is 5.83. The summed E-state index contributed by atoms with van der Waals surface area (Å²) in [5.74, 6) is 0.200. The summed E-state index contributed by atoms with van der Waals surface area (Å²) in [6.07, 6.45) is 0.757. The standard InChI is InChI=1S/C29H35N3O3/c1-20-11-10-12-21(2)27(20)35-19-22(3)31-29(34)26(18-24-15-8-5-9-16-24)32-28(33)25(30)17-23-13-6-4-7-14-23/h4-16,22,25-26H,17-19,30H2,1-3H3,(H,31,34)(H,32,33)/t22?,25-,26-/m1/s1. The number of benzene rings is 3. The largest absolute Gasteiger partial charge is 0.491 e. The lowest BCUT2D eigenvalue weighted by atomic mass is 10.0. The van der Waals surface area contributed by atoms with Crippen LogP contribution < -0.4 is 21.1 Å². The van der Waals surface area contributed by atoms with E-state index in [2.05, 4.69) is 10.6 Å². The molecule has 0 heterocycles. The van der Waals surface area contributed by atoms with E-state index < -0.39 is 12.1 Å². The van der Waals surface area contributed by atoms with Crippen molar-refractivity contribution < 1.29 is 14.3 Å². The molecule has 3 aromatic carbocycles. The van der Waals surface area contributed by atoms with Gasteiger partial charge in [-0.05, 0) is 49.4 Å². The molecule has 35 heavy (non-hydrogen) atoms. The molecule has 3 aromatic rings. The van der Waals surface area contributed by atoms with E-state index in [-0.39, 0.29) is 17.9 Å². The second kappa shape index (κ2) is 12.7. The van der Waals surface area contributed by atoms with E-state index in [0.29, 0.717) is 19.4 Å². The van der Waals surface area contributed by atoms with Gasteiger partial charge >= 0.3 is 0 Å². The Morgan fingerprint density at radius 3 is 1.89 bits per heavy atom. The fourth-order valence-corrected chi connectivity index (χ4v) is 3.92. The van der Waals surface area contributed by atoms with Crippen LogP contribution in [-0.4, -0.2) is 36.5 Å². The molecule has 0 saturated heterocycles. The predicted octanol–water partition coefficient (Wildman–Crippen LogP) is 3.48. The van der Waals surface area contributed by atoms with Gasteiger partial charge < -0.3 is 21.1 Å². The van der Waals surface area contributed by atoms with Crippen molar-refractivity contribution in [2.24, 2.45) is 5.73 Å². The van der Waals surface area contributed by atoms with Gasteiger partial charge in [0, 0.05) is 6.42 Å². The van der Waals surface area contributed by atoms with Gasteiger partial charge in [-0.15, -0.1) is 0 Å². The van der Waals surface area contributed by atoms with Gasteiger partial charge in [-0.1, -0.05) is 78.9 Å². The first-order valence-corrected chi connectivity index (χ1v) is 12.0. The number of rotatable bonds is 11. The minimum atomic E-state index is -0.756. The van der Waals surface area contributed by atoms with Gasteiger partial charge in [0.2, 0.25) is 11.8 Å². The third-order valence-electron chi connectivity index (χ3n) is 5.83. The van der Waals surface area contributed by atoms with Gasteiger partial charge in [-0.25, -0.2) is 0 Å². The van der Waals surface area contributed by atoms with Crippen LogP contribution in [0.15, 0.2) is 78.9 Å². The Hall–Kier alpha value is -3.64. The van der Waals surface area contributed by atoms with Crippen molar-refractivity contribution >= 4 is 11.8 Å². The average molecular weight is 474 g/mol. The van der Waals surface area contributed by atoms with Crippen LogP contribution in [0.2, 0.25) is 0 Å². The molecule has 2 amide bonds. The smallest absolute Gasteiger partial charge is 0.243 e. The number of hydrogen-bond acceptors (Lipinski definition) is 4. The van der Waals surface area contributed by atoms with E-state index in [4.69, 9.17) is 10.5 Å². The molecule has 184 valence electrons. The Morgan fingerprint density at radius 1 is 0.771 bits per heavy atom. The number of aryl methyl sites for hydroxylation is 2. The Bertz CT molecular complexity index is 1080. The Labute approximate surface area is 207 Å². The topological polar surface area (TPSA) is 93.5 Å². The maximum atomic E-state index is 13.2. The number of carbonyl (C=O) groups is 2. The summed E-state index contributed by atoms with van der Waals surface area (Å²) in [6, 6.07) is 23.4. The van der Waals surface area contributed by atoms with Gasteiger partial charge in [-0.2, -0.15) is 0 Å². The highest BCUT2D eigenvalue weighted by atomic mass is 16.5. The van der Waals surface area contributed by atoms with E-state index >= 15 is 0 Å². The van der Waals surface area contributed by atoms with Crippen molar-refractivity contribution in [3.05, 3.63) is 101 Å². The van der Waals surface area contributed by atoms with Gasteiger partial charge in [0.15, 0.2) is 0 Å². The zero-order valence-corrected chi connectivity index (χ0v) is 20.7. The first-order chi connectivity index (χ1) is 16.8. The molecule has 0 saturated carbocycles. The molecule has 0 aliphatic carbocycles. The monoisotopic (exact) mass is 473 g/mol. The summed E-state index contributed by atoms with van der Waals surface area (Å²) in [4.78, 5) is 26.1. The lowest BCUT2D eigenvalue weighted by Gasteiger charge is -2.23. The molecule has 6 heteroatoms. The van der Waals surface area contributed by atoms with E-state index in [0.717, 1.165) is 28.0 Å². The van der Waals surface area contributed by atoms with Gasteiger partial charge in [-0.3, -0.25) is 9.59 Å². The summed E-state index contributed by atoms with van der Waals surface area (Å²) in [6.45, 7) is 6.19. The van der Waals surface area contributed by atoms with Crippen molar-refractivity contribution in [3.8, 4) is 5.75 Å². The summed E-state index contributed by atoms with van der Waals surface area (Å²) in [5.41, 5.74) is 10.2. The second-order valence-electron chi connectivity index (χ2n) is 8.99. The fraction of sp³-hybridized carbons (Fsp3) is 0.310. The van der Waals surface area contributed by atoms with Crippen LogP contribution in [0.25, 0.3) is 0 Å². The summed E-state index contributed by atoms with van der Waals surface area (Å²) >= 11 is 0. The molecule has 3 atom stereocenters. The van der Waals surface area contributed by atoms with Crippen molar-refractivity contribution in [2.45, 2.75) is 51.7 Å². The highest BCUT2D eigenvalue weighted by Gasteiger charge is 2.25. The quantitative estimate of drug-likeness (QED) is 0.397. The summed E-state index contributed by atoms with van der Waals surface area (Å²) < 4.78 is 5.99. The molecule has 0 aliphatic heterocycles. The van der Waals surface area contributed by atoms with Crippen LogP contribution in [0, 0.1) is 13.8 Å². The molecule has 4 N–H and O–H groups in total. The molecule has 0 bridgehead atoms. The minimum Gasteiger partial charge on any atom is -0.491 e. The highest BCUT2D eigenvalue weighted by Crippen LogP contribution is 2.22. The van der Waals surface area contributed by atoms with Crippen LogP contribution in [0.4, 0.5) is 0 Å². The van der Waals surface area contributed by atoms with Crippen LogP contribution in [-0.2, 0) is 22.4 Å². The Morgan fingerprint density at radius 2 is 1.31 bits per heavy atom. The number of nitrogens with one attached hydrogen (secondary N) is 2. The lowest BCUT2D eigenvalue weighted by Crippen LogP contribution is -2.54. The maximum Gasteiger partial charge on any atom is 0.243 e. The molecule has 0 fully saturated rings. The number of para-hydroxylation sites is 1. The summed E-state index contributed by atoms with van der Waals surface area (Å²) in [5, 5.41) is 5.85. The third kappa shape index (κ3) is 7.97. The van der Waals surface area contributed by atoms with Crippen molar-refractivity contribution in [2.75, 3.05) is 6.61 Å². The van der Waals surface area contributed by atoms with Crippen molar-refractivity contribution in [1.29, 1.82) is 0 Å². The number of carbonyl (C=O) groups excluding carboxylic acids is 2. The molecule has 0 spiro atoms. The SMILES string of the molecule is Cc1cccc(C)c1OCC(C)NC(=O)[C@@H](Cc1ccccc1)NC(=O)[C@H](N)Cc1ccccc1. The van der Waals surface area contributed by atoms with E-state index in [1.807, 2.05) is 99.6 Å². The summed E-state index contributed by atoms with van der Waals surface area (Å²) in [7, 11) is 0. The zero-order chi connectivity index (χ0) is 25.2. The molecule has 0 radical (unpaired) electrons.